The molecule has 0 amide bonds. The summed E-state index contributed by atoms with van der Waals surface area (Å²) in [6.45, 7) is 0. The number of hydrogen-bond donors (Lipinski definition) is 0. The van der Waals surface area contributed by atoms with Crippen molar-refractivity contribution in [2.75, 3.05) is 7.11 Å². The van der Waals surface area contributed by atoms with Crippen LogP contribution in [0.15, 0.2) is 18.5 Å². The lowest BCUT2D eigenvalue weighted by atomic mass is 10.2. The summed E-state index contributed by atoms with van der Waals surface area (Å²) in [6, 6.07) is 1.08. The van der Waals surface area contributed by atoms with Gasteiger partial charge in [-0.3, -0.25) is 10.1 Å². The van der Waals surface area contributed by atoms with Gasteiger partial charge in [0.25, 0.3) is 5.82 Å². The van der Waals surface area contributed by atoms with Gasteiger partial charge >= 0.3 is 11.7 Å². The quantitative estimate of drug-likeness (QED) is 0.477. The van der Waals surface area contributed by atoms with Crippen LogP contribution in [0, 0.1) is 21.7 Å². The third-order valence-electron chi connectivity index (χ3n) is 2.30. The van der Waals surface area contributed by atoms with Crippen LogP contribution in [0.25, 0.3) is 5.69 Å². The molecule has 2 rings (SSSR count). The molecule has 0 saturated heterocycles. The number of aromatic nitrogens is 3. The number of esters is 1. The molecule has 10 heteroatoms. The molecule has 0 atom stereocenters. The Hall–Kier alpha value is -2.91. The highest BCUT2D eigenvalue weighted by atomic mass is 19.1. The molecule has 104 valence electrons. The van der Waals surface area contributed by atoms with Crippen molar-refractivity contribution in [3.63, 3.8) is 0 Å². The van der Waals surface area contributed by atoms with Gasteiger partial charge in [0, 0.05) is 12.1 Å². The van der Waals surface area contributed by atoms with Crippen molar-refractivity contribution < 1.29 is 23.2 Å². The first-order valence-electron chi connectivity index (χ1n) is 5.08. The second-order valence-corrected chi connectivity index (χ2v) is 3.52. The molecule has 0 aliphatic heterocycles. The smallest absolute Gasteiger partial charge is 0.377 e. The molecule has 1 heterocycles. The lowest BCUT2D eigenvalue weighted by molar-refractivity contribution is -0.387. The van der Waals surface area contributed by atoms with E-state index >= 15 is 0 Å². The molecule has 0 aliphatic rings. The van der Waals surface area contributed by atoms with Gasteiger partial charge in [0.15, 0.2) is 5.69 Å². The zero-order valence-corrected chi connectivity index (χ0v) is 9.91. The van der Waals surface area contributed by atoms with E-state index in [-0.39, 0.29) is 0 Å². The molecule has 20 heavy (non-hydrogen) atoms. The van der Waals surface area contributed by atoms with E-state index in [2.05, 4.69) is 14.8 Å². The van der Waals surface area contributed by atoms with Gasteiger partial charge in [-0.05, 0) is 0 Å². The number of nitro benzene ring substituents is 1. The second kappa shape index (κ2) is 4.99. The summed E-state index contributed by atoms with van der Waals surface area (Å²) in [6.07, 6.45) is 0.910. The van der Waals surface area contributed by atoms with Crippen LogP contribution in [-0.4, -0.2) is 32.8 Å². The Balaban J connectivity index is 2.60. The van der Waals surface area contributed by atoms with Crippen LogP contribution in [0.5, 0.6) is 0 Å². The molecule has 0 bridgehead atoms. The maximum absolute atomic E-state index is 13.4. The molecule has 2 aromatic rings. The minimum atomic E-state index is -1.36. The van der Waals surface area contributed by atoms with Crippen molar-refractivity contribution in [2.45, 2.75) is 0 Å². The van der Waals surface area contributed by atoms with E-state index in [9.17, 15) is 23.7 Å². The van der Waals surface area contributed by atoms with Crippen molar-refractivity contribution in [2.24, 2.45) is 0 Å². The summed E-state index contributed by atoms with van der Waals surface area (Å²) in [4.78, 5) is 24.5. The van der Waals surface area contributed by atoms with Crippen LogP contribution >= 0.6 is 0 Å². The number of ether oxygens (including phenoxy) is 1. The van der Waals surface area contributed by atoms with Crippen molar-refractivity contribution in [1.29, 1.82) is 0 Å². The van der Waals surface area contributed by atoms with E-state index in [1.165, 1.54) is 0 Å². The Bertz CT molecular complexity index is 701. The first-order chi connectivity index (χ1) is 9.43. The van der Waals surface area contributed by atoms with E-state index in [0.29, 0.717) is 12.1 Å². The Labute approximate surface area is 109 Å². The molecule has 0 fully saturated rings. The fraction of sp³-hybridized carbons (Fsp3) is 0.100. The largest absolute Gasteiger partial charge is 0.463 e. The second-order valence-electron chi connectivity index (χ2n) is 3.52. The molecule has 0 aliphatic carbocycles. The van der Waals surface area contributed by atoms with Gasteiger partial charge in [-0.1, -0.05) is 0 Å². The average molecular weight is 284 g/mol. The number of nitro groups is 1. The summed E-state index contributed by atoms with van der Waals surface area (Å²) in [5, 5.41) is 14.4. The lowest BCUT2D eigenvalue weighted by Crippen LogP contribution is -2.07. The number of rotatable bonds is 3. The van der Waals surface area contributed by atoms with E-state index in [0.717, 1.165) is 18.1 Å². The van der Waals surface area contributed by atoms with Gasteiger partial charge in [0.1, 0.15) is 12.1 Å². The number of halogens is 2. The molecular weight excluding hydrogens is 278 g/mol. The van der Waals surface area contributed by atoms with E-state index in [4.69, 9.17) is 0 Å². The fourth-order valence-corrected chi connectivity index (χ4v) is 1.47. The minimum absolute atomic E-state index is 0.375. The van der Waals surface area contributed by atoms with Crippen LogP contribution in [0.3, 0.4) is 0 Å². The normalized spacial score (nSPS) is 10.3. The Morgan fingerprint density at radius 2 is 2.15 bits per heavy atom. The number of carbonyl (C=O) groups excluding carboxylic acids is 1. The highest BCUT2D eigenvalue weighted by molar-refractivity contribution is 5.84. The number of benzene rings is 1. The third kappa shape index (κ3) is 2.30. The molecule has 0 N–H and O–H groups in total. The predicted molar refractivity (Wildman–Crippen MR) is 59.3 cm³/mol. The van der Waals surface area contributed by atoms with Gasteiger partial charge in [0.2, 0.25) is 5.82 Å². The van der Waals surface area contributed by atoms with E-state index in [1.54, 1.807) is 0 Å². The summed E-state index contributed by atoms with van der Waals surface area (Å²) in [7, 11) is 1.09. The fourth-order valence-electron chi connectivity index (χ4n) is 1.47. The molecular formula is C10H6F2N4O4. The van der Waals surface area contributed by atoms with Crippen LogP contribution in [0.4, 0.5) is 14.5 Å². The van der Waals surface area contributed by atoms with Gasteiger partial charge in [-0.2, -0.15) is 4.39 Å². The first kappa shape index (κ1) is 13.5. The molecule has 0 unspecified atom stereocenters. The minimum Gasteiger partial charge on any atom is -0.463 e. The maximum atomic E-state index is 13.4. The number of hydrogen-bond acceptors (Lipinski definition) is 6. The zero-order chi connectivity index (χ0) is 14.9. The van der Waals surface area contributed by atoms with Crippen molar-refractivity contribution in [1.82, 2.24) is 14.8 Å². The van der Waals surface area contributed by atoms with Gasteiger partial charge in [0.05, 0.1) is 12.0 Å². The molecule has 1 aromatic heterocycles. The molecule has 0 saturated carbocycles. The van der Waals surface area contributed by atoms with Gasteiger partial charge in [-0.15, -0.1) is 5.10 Å². The number of carbonyl (C=O) groups is 1. The summed E-state index contributed by atoms with van der Waals surface area (Å²) >= 11 is 0. The SMILES string of the molecule is COC(=O)c1ncn(-c2cc(F)cc(F)c2[N+](=O)[O-])n1. The molecule has 0 spiro atoms. The predicted octanol–water partition coefficient (Wildman–Crippen LogP) is 1.24. The van der Waals surface area contributed by atoms with Gasteiger partial charge < -0.3 is 4.74 Å². The monoisotopic (exact) mass is 284 g/mol. The van der Waals surface area contributed by atoms with Crippen LogP contribution in [0.2, 0.25) is 0 Å². The standard InChI is InChI=1S/C10H6F2N4O4/c1-20-10(17)9-13-4-15(14-9)7-3-5(11)2-6(12)8(7)16(18)19/h2-4H,1H3. The highest BCUT2D eigenvalue weighted by Gasteiger charge is 2.25. The number of methoxy groups -OCH3 is 1. The third-order valence-corrected chi connectivity index (χ3v) is 2.30. The van der Waals surface area contributed by atoms with Crippen molar-refractivity contribution >= 4 is 11.7 Å². The van der Waals surface area contributed by atoms with E-state index in [1.807, 2.05) is 0 Å². The Kier molecular flexibility index (Phi) is 3.37. The van der Waals surface area contributed by atoms with Crippen molar-refractivity contribution in [3.05, 3.63) is 46.0 Å². The lowest BCUT2D eigenvalue weighted by Gasteiger charge is -2.03. The van der Waals surface area contributed by atoms with Crippen molar-refractivity contribution in [3.8, 4) is 5.69 Å². The van der Waals surface area contributed by atoms with Gasteiger partial charge in [-0.25, -0.2) is 18.9 Å². The average Bonchev–Trinajstić information content (AvgIpc) is 2.85. The molecule has 1 aromatic carbocycles. The Morgan fingerprint density at radius 1 is 1.45 bits per heavy atom. The topological polar surface area (TPSA) is 100 Å². The van der Waals surface area contributed by atoms with Crippen LogP contribution in [0.1, 0.15) is 10.6 Å². The van der Waals surface area contributed by atoms with E-state index < -0.39 is 39.7 Å². The maximum Gasteiger partial charge on any atom is 0.377 e. The molecule has 0 radical (unpaired) electrons. The molecule has 8 nitrogen and oxygen atoms in total. The Morgan fingerprint density at radius 3 is 2.75 bits per heavy atom. The first-order valence-corrected chi connectivity index (χ1v) is 5.08. The summed E-state index contributed by atoms with van der Waals surface area (Å²) in [5.41, 5.74) is -1.47. The van der Waals surface area contributed by atoms with Crippen LogP contribution < -0.4 is 0 Å². The summed E-state index contributed by atoms with van der Waals surface area (Å²) in [5.74, 6) is -3.67. The van der Waals surface area contributed by atoms with Crippen LogP contribution in [-0.2, 0) is 4.74 Å². The summed E-state index contributed by atoms with van der Waals surface area (Å²) < 4.78 is 31.7. The zero-order valence-electron chi connectivity index (χ0n) is 9.91. The highest BCUT2D eigenvalue weighted by Crippen LogP contribution is 2.26. The number of nitrogens with zero attached hydrogens (tertiary/aromatic N) is 4.